The number of thioether (sulfide) groups is 1. The fourth-order valence-electron chi connectivity index (χ4n) is 3.42. The number of nitrogens with zero attached hydrogens (tertiary/aromatic N) is 1. The molecular weight excluding hydrogens is 432 g/mol. The van der Waals surface area contributed by atoms with E-state index in [1.165, 1.54) is 30.2 Å². The van der Waals surface area contributed by atoms with E-state index in [-0.39, 0.29) is 23.8 Å². The van der Waals surface area contributed by atoms with Crippen molar-refractivity contribution in [3.63, 3.8) is 0 Å². The number of carbonyl (C=O) groups is 3. The number of aryl methyl sites for hydroxylation is 1. The monoisotopic (exact) mass is 452 g/mol. The lowest BCUT2D eigenvalue weighted by Crippen LogP contribution is -2.31. The minimum absolute atomic E-state index is 0.0523. The summed E-state index contributed by atoms with van der Waals surface area (Å²) in [6, 6.07) is 14.9. The highest BCUT2D eigenvalue weighted by Gasteiger charge is 2.43. The van der Waals surface area contributed by atoms with Crippen molar-refractivity contribution < 1.29 is 19.1 Å². The van der Waals surface area contributed by atoms with E-state index >= 15 is 0 Å². The van der Waals surface area contributed by atoms with Crippen LogP contribution in [0.15, 0.2) is 58.8 Å². The Balaban J connectivity index is 1.70. The van der Waals surface area contributed by atoms with E-state index in [0.29, 0.717) is 16.3 Å². The number of rotatable bonds is 5. The number of nitrogen functional groups attached to an aromatic ring is 1. The molecule has 6 nitrogen and oxygen atoms in total. The molecule has 0 bridgehead atoms. The van der Waals surface area contributed by atoms with Crippen LogP contribution in [0.1, 0.15) is 22.3 Å². The smallest absolute Gasteiger partial charge is 0.341 e. The lowest BCUT2D eigenvalue weighted by molar-refractivity contribution is -0.121. The van der Waals surface area contributed by atoms with E-state index in [1.54, 1.807) is 23.6 Å². The van der Waals surface area contributed by atoms with Gasteiger partial charge in [0, 0.05) is 27.9 Å². The van der Waals surface area contributed by atoms with Gasteiger partial charge in [-0.25, -0.2) is 9.69 Å². The molecular formula is C23H20N2O4S2. The summed E-state index contributed by atoms with van der Waals surface area (Å²) in [4.78, 5) is 40.6. The van der Waals surface area contributed by atoms with Gasteiger partial charge in [-0.1, -0.05) is 35.9 Å². The maximum atomic E-state index is 13.2. The number of anilines is 2. The van der Waals surface area contributed by atoms with Crippen molar-refractivity contribution in [2.75, 3.05) is 17.7 Å². The molecule has 0 saturated carbocycles. The average Bonchev–Trinajstić information content (AvgIpc) is 3.28. The zero-order chi connectivity index (χ0) is 22.1. The SMILES string of the molecule is COC(=O)c1c(-c2ccc(C)cc2)csc1N1C(=O)CC(Sc2cccc(N)c2)C1=O. The third kappa shape index (κ3) is 4.08. The van der Waals surface area contributed by atoms with Crippen LogP contribution in [0.25, 0.3) is 11.1 Å². The topological polar surface area (TPSA) is 89.7 Å². The number of methoxy groups -OCH3 is 1. The molecule has 1 aliphatic rings. The zero-order valence-corrected chi connectivity index (χ0v) is 18.6. The Morgan fingerprint density at radius 1 is 1.19 bits per heavy atom. The van der Waals surface area contributed by atoms with Crippen molar-refractivity contribution in [2.24, 2.45) is 0 Å². The first kappa shape index (κ1) is 21.1. The number of thiophene rings is 1. The molecule has 1 atom stereocenters. The van der Waals surface area contributed by atoms with E-state index in [0.717, 1.165) is 20.9 Å². The van der Waals surface area contributed by atoms with Crippen molar-refractivity contribution in [1.82, 2.24) is 0 Å². The number of carbonyl (C=O) groups excluding carboxylic acids is 3. The van der Waals surface area contributed by atoms with Gasteiger partial charge in [-0.2, -0.15) is 0 Å². The van der Waals surface area contributed by atoms with E-state index in [1.807, 2.05) is 37.3 Å². The number of hydrogen-bond donors (Lipinski definition) is 1. The summed E-state index contributed by atoms with van der Waals surface area (Å²) < 4.78 is 4.99. The molecule has 0 spiro atoms. The summed E-state index contributed by atoms with van der Waals surface area (Å²) in [7, 11) is 1.29. The van der Waals surface area contributed by atoms with Crippen molar-refractivity contribution in [2.45, 2.75) is 23.5 Å². The van der Waals surface area contributed by atoms with Gasteiger partial charge in [0.05, 0.1) is 12.4 Å². The van der Waals surface area contributed by atoms with Crippen molar-refractivity contribution in [3.05, 3.63) is 65.0 Å². The van der Waals surface area contributed by atoms with Crippen LogP contribution in [0.3, 0.4) is 0 Å². The van der Waals surface area contributed by atoms with E-state index in [2.05, 4.69) is 0 Å². The molecule has 0 radical (unpaired) electrons. The molecule has 1 fully saturated rings. The maximum Gasteiger partial charge on any atom is 0.341 e. The number of imide groups is 1. The molecule has 1 saturated heterocycles. The highest BCUT2D eigenvalue weighted by molar-refractivity contribution is 8.00. The molecule has 4 rings (SSSR count). The van der Waals surface area contributed by atoms with Crippen LogP contribution < -0.4 is 10.6 Å². The molecule has 2 aromatic carbocycles. The Kier molecular flexibility index (Phi) is 5.84. The molecule has 158 valence electrons. The van der Waals surface area contributed by atoms with Gasteiger partial charge in [0.1, 0.15) is 10.6 Å². The molecule has 3 aromatic rings. The van der Waals surface area contributed by atoms with Gasteiger partial charge in [-0.05, 0) is 30.7 Å². The van der Waals surface area contributed by atoms with Gasteiger partial charge in [0.15, 0.2) is 0 Å². The van der Waals surface area contributed by atoms with E-state index in [9.17, 15) is 14.4 Å². The van der Waals surface area contributed by atoms with Crippen LogP contribution in [0, 0.1) is 6.92 Å². The minimum atomic E-state index is -0.584. The number of amides is 2. The van der Waals surface area contributed by atoms with Crippen molar-refractivity contribution >= 4 is 51.6 Å². The predicted octanol–water partition coefficient (Wildman–Crippen LogP) is 4.52. The second-order valence-corrected chi connectivity index (χ2v) is 9.27. The summed E-state index contributed by atoms with van der Waals surface area (Å²) in [6.45, 7) is 1.98. The van der Waals surface area contributed by atoms with Gasteiger partial charge < -0.3 is 10.5 Å². The van der Waals surface area contributed by atoms with Crippen LogP contribution >= 0.6 is 23.1 Å². The van der Waals surface area contributed by atoms with Crippen LogP contribution in [0.5, 0.6) is 0 Å². The first-order valence-electron chi connectivity index (χ1n) is 9.55. The van der Waals surface area contributed by atoms with Crippen LogP contribution in [-0.2, 0) is 14.3 Å². The van der Waals surface area contributed by atoms with Gasteiger partial charge in [-0.15, -0.1) is 23.1 Å². The molecule has 2 heterocycles. The number of hydrogen-bond acceptors (Lipinski definition) is 7. The Bertz CT molecular complexity index is 1170. The second-order valence-electron chi connectivity index (χ2n) is 7.14. The van der Waals surface area contributed by atoms with Gasteiger partial charge in [0.2, 0.25) is 11.8 Å². The summed E-state index contributed by atoms with van der Waals surface area (Å²) in [6.07, 6.45) is 0.0523. The van der Waals surface area contributed by atoms with E-state index in [4.69, 9.17) is 10.5 Å². The molecule has 1 unspecified atom stereocenters. The largest absolute Gasteiger partial charge is 0.465 e. The number of ether oxygens (including phenoxy) is 1. The van der Waals surface area contributed by atoms with E-state index < -0.39 is 11.2 Å². The highest BCUT2D eigenvalue weighted by Crippen LogP contribution is 2.42. The van der Waals surface area contributed by atoms with Crippen LogP contribution in [-0.4, -0.2) is 30.1 Å². The van der Waals surface area contributed by atoms with Crippen LogP contribution in [0.2, 0.25) is 0 Å². The van der Waals surface area contributed by atoms with Crippen molar-refractivity contribution in [3.8, 4) is 11.1 Å². The number of esters is 1. The van der Waals surface area contributed by atoms with Gasteiger partial charge in [-0.3, -0.25) is 9.59 Å². The molecule has 8 heteroatoms. The fraction of sp³-hybridized carbons (Fsp3) is 0.174. The third-order valence-electron chi connectivity index (χ3n) is 4.97. The number of nitrogens with two attached hydrogens (primary N) is 1. The summed E-state index contributed by atoms with van der Waals surface area (Å²) in [5.41, 5.74) is 9.19. The second kappa shape index (κ2) is 8.56. The molecule has 1 aromatic heterocycles. The summed E-state index contributed by atoms with van der Waals surface area (Å²) >= 11 is 2.49. The van der Waals surface area contributed by atoms with Crippen LogP contribution in [0.4, 0.5) is 10.7 Å². The lowest BCUT2D eigenvalue weighted by atomic mass is 10.0. The van der Waals surface area contributed by atoms with Gasteiger partial charge >= 0.3 is 5.97 Å². The predicted molar refractivity (Wildman–Crippen MR) is 123 cm³/mol. The highest BCUT2D eigenvalue weighted by atomic mass is 32.2. The minimum Gasteiger partial charge on any atom is -0.465 e. The Labute approximate surface area is 188 Å². The Morgan fingerprint density at radius 3 is 2.61 bits per heavy atom. The fourth-order valence-corrected chi connectivity index (χ4v) is 5.63. The molecule has 2 N–H and O–H groups in total. The summed E-state index contributed by atoms with van der Waals surface area (Å²) in [5.74, 6) is -1.27. The third-order valence-corrected chi connectivity index (χ3v) is 7.11. The molecule has 0 aliphatic carbocycles. The van der Waals surface area contributed by atoms with Gasteiger partial charge in [0.25, 0.3) is 0 Å². The number of benzene rings is 2. The maximum absolute atomic E-state index is 13.2. The molecule has 31 heavy (non-hydrogen) atoms. The Hall–Kier alpha value is -3.10. The lowest BCUT2D eigenvalue weighted by Gasteiger charge is -2.15. The standard InChI is InChI=1S/C23H20N2O4S2/c1-13-6-8-14(9-7-13)17-12-30-22(20(17)23(28)29-2)25-19(26)11-18(21(25)27)31-16-5-3-4-15(24)10-16/h3-10,12,18H,11,24H2,1-2H3. The first-order chi connectivity index (χ1) is 14.9. The molecule has 2 amide bonds. The molecule has 1 aliphatic heterocycles. The normalized spacial score (nSPS) is 16.1. The van der Waals surface area contributed by atoms with Crippen molar-refractivity contribution in [1.29, 1.82) is 0 Å². The zero-order valence-electron chi connectivity index (χ0n) is 17.0. The summed E-state index contributed by atoms with van der Waals surface area (Å²) in [5, 5.41) is 1.50. The average molecular weight is 453 g/mol. The first-order valence-corrected chi connectivity index (χ1v) is 11.3. The Morgan fingerprint density at radius 2 is 1.94 bits per heavy atom. The quantitative estimate of drug-likeness (QED) is 0.348.